The molecule has 614 valence electrons. The van der Waals surface area contributed by atoms with Crippen LogP contribution in [0.2, 0.25) is 0 Å². The highest BCUT2D eigenvalue weighted by atomic mass is 19.1. The number of hydrogen-bond donors (Lipinski definition) is 4. The van der Waals surface area contributed by atoms with Crippen molar-refractivity contribution >= 4 is 75.1 Å². The van der Waals surface area contributed by atoms with Crippen molar-refractivity contribution < 1.29 is 51.7 Å². The van der Waals surface area contributed by atoms with E-state index < -0.39 is 23.9 Å². The molecule has 6 aliphatic rings. The largest absolute Gasteiger partial charge is 0.441 e. The van der Waals surface area contributed by atoms with Gasteiger partial charge in [0.05, 0.1) is 48.5 Å². The fourth-order valence-electron chi connectivity index (χ4n) is 16.5. The van der Waals surface area contributed by atoms with E-state index in [1.807, 2.05) is 169 Å². The number of allylic oxidation sites excluding steroid dienone is 2. The molecule has 9 aromatic rings. The first kappa shape index (κ1) is 84.0. The molecular formula is C95H107FN12O10. The smallest absolute Gasteiger partial charge is 0.225 e. The van der Waals surface area contributed by atoms with Gasteiger partial charge in [0.25, 0.3) is 0 Å². The number of nitrogens with one attached hydrogen (secondary N) is 4. The molecule has 6 aromatic carbocycles. The van der Waals surface area contributed by atoms with Gasteiger partial charge in [-0.25, -0.2) is 14.4 Å². The SMILES string of the molecule is C[C@H](CC(=O)[C@H](CC(=O)N1CCCC[C@@H]1C)NC(=O)CC1CC1)c1ncc(Cc2ccccc2)[nH]1.C[C@H](NC(=O)[C@H](CC(=O)N1CCC[C@@H]1c1ccccc1)Cc1nc2ccccc2o1)C1=NC=C(c2ccccc2F)C1.Cc1cc(C(=O)C[C@@H](CC(=O)N2CCC[C@@H]2c2ccccc2)C(=O)N[C@@H](C)C2=NC=C(Cc3ccccc3)C2)no1. The van der Waals surface area contributed by atoms with Crippen molar-refractivity contribution in [2.45, 2.75) is 205 Å². The zero-order valence-corrected chi connectivity index (χ0v) is 68.1. The summed E-state index contributed by atoms with van der Waals surface area (Å²) in [6.07, 6.45) is 17.5. The second kappa shape index (κ2) is 40.3. The zero-order valence-electron chi connectivity index (χ0n) is 68.1. The highest BCUT2D eigenvalue weighted by Crippen LogP contribution is 2.37. The molecule has 15 rings (SSSR count). The molecule has 118 heavy (non-hydrogen) atoms. The Labute approximate surface area is 689 Å². The zero-order chi connectivity index (χ0) is 82.6. The highest BCUT2D eigenvalue weighted by Gasteiger charge is 2.39. The number of Topliss-reactive ketones (excluding diaryl/α,β-unsaturated/α-hetero) is 2. The van der Waals surface area contributed by atoms with Gasteiger partial charge in [-0.2, -0.15) is 0 Å². The van der Waals surface area contributed by atoms with E-state index in [0.29, 0.717) is 66.6 Å². The Balaban J connectivity index is 0.000000154. The van der Waals surface area contributed by atoms with E-state index in [1.54, 1.807) is 37.4 Å². The molecule has 22 nitrogen and oxygen atoms in total. The van der Waals surface area contributed by atoms with Crippen molar-refractivity contribution in [3.8, 4) is 0 Å². The van der Waals surface area contributed by atoms with E-state index in [9.17, 15) is 42.7 Å². The van der Waals surface area contributed by atoms with Crippen LogP contribution in [0, 0.1) is 30.5 Å². The molecule has 4 fully saturated rings. The van der Waals surface area contributed by atoms with Crippen LogP contribution < -0.4 is 16.0 Å². The molecule has 0 unspecified atom stereocenters. The van der Waals surface area contributed by atoms with Gasteiger partial charge in [0.15, 0.2) is 23.0 Å². The quantitative estimate of drug-likeness (QED) is 0.0294. The molecule has 3 aromatic heterocycles. The number of halogens is 1. The Bertz CT molecular complexity index is 5080. The summed E-state index contributed by atoms with van der Waals surface area (Å²) in [6.45, 7) is 11.5. The van der Waals surface area contributed by atoms with Crippen LogP contribution in [0.15, 0.2) is 219 Å². The van der Waals surface area contributed by atoms with Gasteiger partial charge in [-0.3, -0.25) is 48.3 Å². The third kappa shape index (κ3) is 22.9. The summed E-state index contributed by atoms with van der Waals surface area (Å²) in [6, 6.07) is 54.6. The molecule has 3 saturated heterocycles. The summed E-state index contributed by atoms with van der Waals surface area (Å²) >= 11 is 0. The average Bonchev–Trinajstić information content (AvgIpc) is 1.64. The van der Waals surface area contributed by atoms with Gasteiger partial charge in [-0.1, -0.05) is 164 Å². The van der Waals surface area contributed by atoms with Crippen molar-refractivity contribution in [1.82, 2.24) is 50.8 Å². The van der Waals surface area contributed by atoms with Gasteiger partial charge in [0.2, 0.25) is 35.4 Å². The van der Waals surface area contributed by atoms with Gasteiger partial charge in [0, 0.05) is 137 Å². The number of piperidine rings is 1. The highest BCUT2D eigenvalue weighted by molar-refractivity contribution is 6.04. The molecule has 1 aliphatic carbocycles. The van der Waals surface area contributed by atoms with Gasteiger partial charge in [0.1, 0.15) is 28.6 Å². The number of aromatic amines is 1. The van der Waals surface area contributed by atoms with Crippen LogP contribution in [0.5, 0.6) is 0 Å². The van der Waals surface area contributed by atoms with Crippen LogP contribution in [0.3, 0.4) is 0 Å². The molecule has 0 radical (unpaired) electrons. The summed E-state index contributed by atoms with van der Waals surface area (Å²) < 4.78 is 25.4. The van der Waals surface area contributed by atoms with Crippen molar-refractivity contribution in [2.75, 3.05) is 19.6 Å². The maximum absolute atomic E-state index is 14.3. The van der Waals surface area contributed by atoms with Gasteiger partial charge >= 0.3 is 0 Å². The van der Waals surface area contributed by atoms with Crippen LogP contribution >= 0.6 is 0 Å². The number of oxazole rings is 1. The number of nitrogens with zero attached hydrogens (tertiary/aromatic N) is 8. The Morgan fingerprint density at radius 1 is 0.576 bits per heavy atom. The fourth-order valence-corrected chi connectivity index (χ4v) is 16.5. The van der Waals surface area contributed by atoms with Crippen molar-refractivity contribution in [1.29, 1.82) is 0 Å². The number of aryl methyl sites for hydroxylation is 1. The molecule has 4 N–H and O–H groups in total. The number of H-pyrrole nitrogens is 1. The number of ketones is 2. The second-order valence-corrected chi connectivity index (χ2v) is 32.4. The first-order valence-corrected chi connectivity index (χ1v) is 41.8. The monoisotopic (exact) mass is 1590 g/mol. The van der Waals surface area contributed by atoms with E-state index in [1.165, 1.54) is 22.8 Å². The molecule has 5 aliphatic heterocycles. The number of carbonyl (C=O) groups excluding carboxylic acids is 8. The number of aromatic nitrogens is 4. The van der Waals surface area contributed by atoms with Gasteiger partial charge in [-0.05, 0) is 149 Å². The fraction of sp³-hybridized carbons (Fsp3) is 0.400. The predicted octanol–water partition coefficient (Wildman–Crippen LogP) is 15.8. The average molecular weight is 1600 g/mol. The number of aliphatic imine (C=N–C) groups is 2. The summed E-state index contributed by atoms with van der Waals surface area (Å²) in [4.78, 5) is 134. The van der Waals surface area contributed by atoms with Crippen LogP contribution in [0.25, 0.3) is 16.7 Å². The molecule has 0 bridgehead atoms. The van der Waals surface area contributed by atoms with Crippen molar-refractivity contribution in [3.05, 3.63) is 263 Å². The number of hydrogen-bond acceptors (Lipinski definition) is 15. The number of fused-ring (bicyclic) bond motifs is 1. The molecule has 1 saturated carbocycles. The van der Waals surface area contributed by atoms with Crippen LogP contribution in [-0.4, -0.2) is 137 Å². The van der Waals surface area contributed by atoms with E-state index in [4.69, 9.17) is 8.94 Å². The Morgan fingerprint density at radius 3 is 1.76 bits per heavy atom. The maximum atomic E-state index is 14.3. The lowest BCUT2D eigenvalue weighted by atomic mass is 9.94. The van der Waals surface area contributed by atoms with Gasteiger partial charge < -0.3 is 44.6 Å². The van der Waals surface area contributed by atoms with Crippen molar-refractivity contribution in [2.24, 2.45) is 27.7 Å². The summed E-state index contributed by atoms with van der Waals surface area (Å²) in [5.41, 5.74) is 11.1. The lowest BCUT2D eigenvalue weighted by Gasteiger charge is -2.34. The Hall–Kier alpha value is -11.9. The number of rotatable bonds is 31. The number of imidazole rings is 1. The second-order valence-electron chi connectivity index (χ2n) is 32.4. The van der Waals surface area contributed by atoms with E-state index >= 15 is 0 Å². The van der Waals surface area contributed by atoms with Crippen molar-refractivity contribution in [3.63, 3.8) is 0 Å². The van der Waals surface area contributed by atoms with E-state index in [-0.39, 0.29) is 127 Å². The summed E-state index contributed by atoms with van der Waals surface area (Å²) in [5, 5.41) is 12.8. The number of likely N-dealkylation sites (tertiary alicyclic amines) is 3. The molecule has 23 heteroatoms. The Kier molecular flexibility index (Phi) is 28.7. The third-order valence-corrected chi connectivity index (χ3v) is 23.2. The number of amides is 6. The first-order valence-electron chi connectivity index (χ1n) is 41.8. The maximum Gasteiger partial charge on any atom is 0.225 e. The van der Waals surface area contributed by atoms with Crippen LogP contribution in [0.4, 0.5) is 4.39 Å². The first-order chi connectivity index (χ1) is 57.2. The minimum atomic E-state index is -0.842. The molecule has 9 atom stereocenters. The minimum absolute atomic E-state index is 0.00128. The standard InChI is InChI=1S/C34H33FN4O3.C33H36N4O4.C28H38N4O3/c1-22(29-18-25(21-36-29)26-12-5-6-13-27(26)35)37-34(41)24(19-32-38-28-14-7-8-16-31(28)42-32)20-33(40)39-17-9-15-30(39)23-10-3-2-4-11-23;1-22-16-29(36-41-22)31(38)19-27(20-32(39)37-15-9-14-30(37)26-12-7-4-8-13-26)33(40)35-23(2)28-18-25(21-34-28)17-24-10-5-3-6-11-24;1-19(28-29-18-23(30-28)15-21-9-4-3-5-10-21)14-25(33)24(31-26(34)16-22-11-12-22)17-27(35)32-13-7-6-8-20(32)2/h2-8,10-14,16,21-22,24,30H,9,15,17-20H2,1H3,(H,37,41);3-8,10-13,16,21,23,27,30H,9,14-15,17-20H2,1-2H3,(H,35,40);3-5,9-10,18-20,22,24H,6-8,11-17H2,1-2H3,(H,29,30)(H,31,34)/t22-,24-,30+;23-,27-,30+;19-,20+,24+/m001/s1. The van der Waals surface area contributed by atoms with E-state index in [2.05, 4.69) is 77.2 Å². The molecule has 8 heterocycles. The molecule has 6 amide bonds. The number of para-hydroxylation sites is 2. The lowest BCUT2D eigenvalue weighted by Crippen LogP contribution is -2.48. The lowest BCUT2D eigenvalue weighted by molar-refractivity contribution is -0.138. The normalized spacial score (nSPS) is 18.5. The van der Waals surface area contributed by atoms with Crippen LogP contribution in [-0.2, 0) is 52.8 Å². The third-order valence-electron chi connectivity index (χ3n) is 23.2. The van der Waals surface area contributed by atoms with Crippen LogP contribution in [0.1, 0.15) is 216 Å². The molecular weight excluding hydrogens is 1490 g/mol. The summed E-state index contributed by atoms with van der Waals surface area (Å²) in [7, 11) is 0. The molecule has 0 spiro atoms. The summed E-state index contributed by atoms with van der Waals surface area (Å²) in [5.74, 6) is -1.26. The number of carbonyl (C=O) groups is 8. The van der Waals surface area contributed by atoms with Gasteiger partial charge in [-0.15, -0.1) is 0 Å². The topological polar surface area (TPSA) is 288 Å². The predicted molar refractivity (Wildman–Crippen MR) is 451 cm³/mol. The Morgan fingerprint density at radius 2 is 1.14 bits per heavy atom. The van der Waals surface area contributed by atoms with E-state index in [0.717, 1.165) is 117 Å². The number of benzene rings is 6. The minimum Gasteiger partial charge on any atom is -0.441 e.